The first-order chi connectivity index (χ1) is 16.9. The highest BCUT2D eigenvalue weighted by atomic mass is 16.4. The SMILES string of the molecule is CCCCCCCCC=CCCCCCCCC(=O)Nc1cccc(N(CC(=O)O)CC(=O)O)c1. The number of carbonyl (C=O) groups excluding carboxylic acids is 1. The summed E-state index contributed by atoms with van der Waals surface area (Å²) >= 11 is 0. The van der Waals surface area contributed by atoms with E-state index in [0.717, 1.165) is 25.7 Å². The van der Waals surface area contributed by atoms with Crippen molar-refractivity contribution in [3.05, 3.63) is 36.4 Å². The monoisotopic (exact) mass is 488 g/mol. The van der Waals surface area contributed by atoms with Gasteiger partial charge in [0, 0.05) is 17.8 Å². The molecule has 35 heavy (non-hydrogen) atoms. The molecule has 196 valence electrons. The molecule has 1 rings (SSSR count). The van der Waals surface area contributed by atoms with Crippen molar-refractivity contribution in [2.75, 3.05) is 23.3 Å². The molecule has 3 N–H and O–H groups in total. The molecule has 0 aromatic heterocycles. The largest absolute Gasteiger partial charge is 0.480 e. The van der Waals surface area contributed by atoms with Crippen LogP contribution in [0.25, 0.3) is 0 Å². The van der Waals surface area contributed by atoms with Crippen LogP contribution in [-0.2, 0) is 14.4 Å². The zero-order valence-corrected chi connectivity index (χ0v) is 21.3. The van der Waals surface area contributed by atoms with Crippen molar-refractivity contribution < 1.29 is 24.6 Å². The van der Waals surface area contributed by atoms with E-state index in [2.05, 4.69) is 24.4 Å². The fourth-order valence-electron chi connectivity index (χ4n) is 3.93. The number of nitrogens with zero attached hydrogens (tertiary/aromatic N) is 1. The maximum absolute atomic E-state index is 12.3. The number of benzene rings is 1. The topological polar surface area (TPSA) is 107 Å². The molecule has 0 atom stereocenters. The summed E-state index contributed by atoms with van der Waals surface area (Å²) in [6.45, 7) is 1.38. The molecule has 1 amide bonds. The maximum Gasteiger partial charge on any atom is 0.323 e. The molecule has 1 aromatic carbocycles. The molecule has 0 aliphatic rings. The molecular formula is C28H44N2O5. The number of rotatable bonds is 21. The molecule has 1 aromatic rings. The summed E-state index contributed by atoms with van der Waals surface area (Å²) in [5, 5.41) is 20.9. The number of aliphatic carboxylic acids is 2. The van der Waals surface area contributed by atoms with Crippen LogP contribution in [0, 0.1) is 0 Å². The Morgan fingerprint density at radius 1 is 0.800 bits per heavy atom. The van der Waals surface area contributed by atoms with Gasteiger partial charge in [0.2, 0.25) is 5.91 Å². The smallest absolute Gasteiger partial charge is 0.323 e. The van der Waals surface area contributed by atoms with E-state index in [9.17, 15) is 14.4 Å². The van der Waals surface area contributed by atoms with E-state index in [-0.39, 0.29) is 5.91 Å². The van der Waals surface area contributed by atoms with Gasteiger partial charge in [-0.1, -0.05) is 76.5 Å². The van der Waals surface area contributed by atoms with E-state index in [0.29, 0.717) is 17.8 Å². The van der Waals surface area contributed by atoms with Crippen LogP contribution in [0.5, 0.6) is 0 Å². The summed E-state index contributed by atoms with van der Waals surface area (Å²) in [5.41, 5.74) is 0.967. The van der Waals surface area contributed by atoms with Gasteiger partial charge >= 0.3 is 11.9 Å². The lowest BCUT2D eigenvalue weighted by Crippen LogP contribution is -2.34. The van der Waals surface area contributed by atoms with Crippen LogP contribution in [0.15, 0.2) is 36.4 Å². The number of amides is 1. The number of unbranched alkanes of at least 4 members (excludes halogenated alkanes) is 11. The van der Waals surface area contributed by atoms with Gasteiger partial charge in [-0.2, -0.15) is 0 Å². The number of carboxylic acid groups (broad SMARTS) is 2. The van der Waals surface area contributed by atoms with Gasteiger partial charge in [-0.25, -0.2) is 0 Å². The molecule has 0 saturated heterocycles. The zero-order chi connectivity index (χ0) is 25.7. The van der Waals surface area contributed by atoms with Crippen molar-refractivity contribution in [2.24, 2.45) is 0 Å². The highest BCUT2D eigenvalue weighted by molar-refractivity contribution is 5.91. The molecule has 0 radical (unpaired) electrons. The molecule has 0 fully saturated rings. The van der Waals surface area contributed by atoms with Crippen LogP contribution >= 0.6 is 0 Å². The molecule has 0 heterocycles. The Balaban J connectivity index is 2.17. The van der Waals surface area contributed by atoms with Gasteiger partial charge in [0.1, 0.15) is 13.1 Å². The van der Waals surface area contributed by atoms with Crippen LogP contribution in [0.1, 0.15) is 96.8 Å². The summed E-state index contributed by atoms with van der Waals surface area (Å²) in [4.78, 5) is 35.6. The summed E-state index contributed by atoms with van der Waals surface area (Å²) in [6.07, 6.45) is 20.7. The molecule has 7 nitrogen and oxygen atoms in total. The highest BCUT2D eigenvalue weighted by Gasteiger charge is 2.15. The Bertz CT molecular complexity index is 762. The Kier molecular flexibility index (Phi) is 16.8. The molecular weight excluding hydrogens is 444 g/mol. The molecule has 0 aliphatic heterocycles. The first kappa shape index (κ1) is 30.2. The number of hydrogen-bond donors (Lipinski definition) is 3. The minimum atomic E-state index is -1.12. The zero-order valence-electron chi connectivity index (χ0n) is 21.3. The number of carboxylic acids is 2. The van der Waals surface area contributed by atoms with E-state index in [4.69, 9.17) is 10.2 Å². The summed E-state index contributed by atoms with van der Waals surface area (Å²) in [7, 11) is 0. The summed E-state index contributed by atoms with van der Waals surface area (Å²) in [5.74, 6) is -2.34. The number of hydrogen-bond acceptors (Lipinski definition) is 4. The second-order valence-electron chi connectivity index (χ2n) is 9.08. The van der Waals surface area contributed by atoms with Crippen molar-refractivity contribution >= 4 is 29.2 Å². The van der Waals surface area contributed by atoms with Crippen LogP contribution in [0.2, 0.25) is 0 Å². The molecule has 7 heteroatoms. The molecule has 0 saturated carbocycles. The van der Waals surface area contributed by atoms with E-state index < -0.39 is 25.0 Å². The van der Waals surface area contributed by atoms with E-state index >= 15 is 0 Å². The van der Waals surface area contributed by atoms with Crippen molar-refractivity contribution in [1.82, 2.24) is 0 Å². The van der Waals surface area contributed by atoms with Crippen LogP contribution < -0.4 is 10.2 Å². The van der Waals surface area contributed by atoms with Gasteiger partial charge in [-0.3, -0.25) is 14.4 Å². The Morgan fingerprint density at radius 2 is 1.34 bits per heavy atom. The van der Waals surface area contributed by atoms with Gasteiger partial charge in [-0.15, -0.1) is 0 Å². The minimum Gasteiger partial charge on any atom is -0.480 e. The molecule has 0 aliphatic carbocycles. The van der Waals surface area contributed by atoms with Crippen molar-refractivity contribution in [3.63, 3.8) is 0 Å². The van der Waals surface area contributed by atoms with Crippen LogP contribution in [0.3, 0.4) is 0 Å². The van der Waals surface area contributed by atoms with Gasteiger partial charge in [0.15, 0.2) is 0 Å². The lowest BCUT2D eigenvalue weighted by molar-refractivity contribution is -0.136. The molecule has 0 unspecified atom stereocenters. The van der Waals surface area contributed by atoms with E-state index in [1.807, 2.05) is 0 Å². The molecule has 0 bridgehead atoms. The summed E-state index contributed by atoms with van der Waals surface area (Å²) < 4.78 is 0. The van der Waals surface area contributed by atoms with Gasteiger partial charge in [-0.05, 0) is 50.3 Å². The predicted molar refractivity (Wildman–Crippen MR) is 142 cm³/mol. The average molecular weight is 489 g/mol. The first-order valence-electron chi connectivity index (χ1n) is 13.2. The van der Waals surface area contributed by atoms with E-state index in [1.54, 1.807) is 24.3 Å². The lowest BCUT2D eigenvalue weighted by Gasteiger charge is -2.21. The van der Waals surface area contributed by atoms with Gasteiger partial charge in [0.05, 0.1) is 0 Å². The predicted octanol–water partition coefficient (Wildman–Crippen LogP) is 6.64. The van der Waals surface area contributed by atoms with Gasteiger partial charge < -0.3 is 20.4 Å². The number of carbonyl (C=O) groups is 3. The Labute approximate surface area is 210 Å². The van der Waals surface area contributed by atoms with E-state index in [1.165, 1.54) is 62.7 Å². The second kappa shape index (κ2) is 19.5. The number of nitrogens with one attached hydrogen (secondary N) is 1. The number of allylic oxidation sites excluding steroid dienone is 2. The molecule has 0 spiro atoms. The van der Waals surface area contributed by atoms with Crippen LogP contribution in [-0.4, -0.2) is 41.1 Å². The van der Waals surface area contributed by atoms with Crippen molar-refractivity contribution in [1.29, 1.82) is 0 Å². The Hall–Kier alpha value is -2.83. The minimum absolute atomic E-state index is 0.0946. The Morgan fingerprint density at radius 3 is 1.91 bits per heavy atom. The fraction of sp³-hybridized carbons (Fsp3) is 0.607. The standard InChI is InChI=1S/C28H44N2O5/c1-2-3-4-5-6-7-8-9-10-11-12-13-14-15-16-20-26(31)29-24-18-17-19-25(21-24)30(22-27(32)33)23-28(34)35/h9-10,17-19,21H,2-8,11-16,20,22-23H2,1H3,(H,29,31)(H,32,33)(H,34,35). The van der Waals surface area contributed by atoms with Crippen LogP contribution in [0.4, 0.5) is 11.4 Å². The fourth-order valence-corrected chi connectivity index (χ4v) is 3.93. The lowest BCUT2D eigenvalue weighted by atomic mass is 10.1. The van der Waals surface area contributed by atoms with Crippen molar-refractivity contribution in [2.45, 2.75) is 96.8 Å². The third kappa shape index (κ3) is 16.4. The van der Waals surface area contributed by atoms with Gasteiger partial charge in [0.25, 0.3) is 0 Å². The third-order valence-corrected chi connectivity index (χ3v) is 5.81. The normalized spacial score (nSPS) is 11.0. The average Bonchev–Trinajstić information content (AvgIpc) is 2.80. The highest BCUT2D eigenvalue weighted by Crippen LogP contribution is 2.20. The van der Waals surface area contributed by atoms with Crippen molar-refractivity contribution in [3.8, 4) is 0 Å². The summed E-state index contributed by atoms with van der Waals surface area (Å²) in [6, 6.07) is 6.61. The number of anilines is 2. The first-order valence-corrected chi connectivity index (χ1v) is 13.2. The second-order valence-corrected chi connectivity index (χ2v) is 9.08. The third-order valence-electron chi connectivity index (χ3n) is 5.81. The quantitative estimate of drug-likeness (QED) is 0.132. The maximum atomic E-state index is 12.3.